The molecule has 5 heteroatoms. The zero-order valence-electron chi connectivity index (χ0n) is 15.7. The number of hydrogen-bond donors (Lipinski definition) is 1. The number of allylic oxidation sites excluding steroid dienone is 1. The highest BCUT2D eigenvalue weighted by molar-refractivity contribution is 5.79. The Labute approximate surface area is 143 Å². The first kappa shape index (κ1) is 20.0. The van der Waals surface area contributed by atoms with Gasteiger partial charge in [-0.3, -0.25) is 4.99 Å². The molecule has 0 bridgehead atoms. The number of guanidine groups is 1. The molecule has 0 aromatic heterocycles. The van der Waals surface area contributed by atoms with Gasteiger partial charge in [-0.1, -0.05) is 19.9 Å². The van der Waals surface area contributed by atoms with Crippen molar-refractivity contribution in [2.45, 2.75) is 26.7 Å². The van der Waals surface area contributed by atoms with Gasteiger partial charge in [0.2, 0.25) is 0 Å². The van der Waals surface area contributed by atoms with E-state index in [4.69, 9.17) is 0 Å². The molecule has 1 saturated heterocycles. The smallest absolute Gasteiger partial charge is 0.193 e. The maximum absolute atomic E-state index is 4.39. The van der Waals surface area contributed by atoms with Gasteiger partial charge in [0.25, 0.3) is 0 Å². The van der Waals surface area contributed by atoms with E-state index in [9.17, 15) is 0 Å². The number of aliphatic imine (C=N–C) groups is 1. The van der Waals surface area contributed by atoms with Gasteiger partial charge in [-0.25, -0.2) is 0 Å². The fourth-order valence-corrected chi connectivity index (χ4v) is 3.02. The van der Waals surface area contributed by atoms with Crippen molar-refractivity contribution in [2.24, 2.45) is 10.9 Å². The molecule has 23 heavy (non-hydrogen) atoms. The highest BCUT2D eigenvalue weighted by Gasteiger charge is 2.17. The lowest BCUT2D eigenvalue weighted by molar-refractivity contribution is 0.124. The summed E-state index contributed by atoms with van der Waals surface area (Å²) in [6.07, 6.45) is 4.16. The van der Waals surface area contributed by atoms with E-state index < -0.39 is 0 Å². The molecule has 1 heterocycles. The van der Waals surface area contributed by atoms with Crippen LogP contribution in [0.3, 0.4) is 0 Å². The molecule has 1 N–H and O–H groups in total. The molecule has 1 rings (SSSR count). The number of nitrogens with zero attached hydrogens (tertiary/aromatic N) is 4. The van der Waals surface area contributed by atoms with Gasteiger partial charge in [-0.15, -0.1) is 6.58 Å². The van der Waals surface area contributed by atoms with Gasteiger partial charge in [0.15, 0.2) is 5.96 Å². The third kappa shape index (κ3) is 7.84. The molecule has 1 aliphatic heterocycles. The Hall–Kier alpha value is -1.07. The van der Waals surface area contributed by atoms with E-state index in [1.165, 1.54) is 39.3 Å². The first-order chi connectivity index (χ1) is 11.1. The van der Waals surface area contributed by atoms with Crippen LogP contribution in [0.4, 0.5) is 0 Å². The van der Waals surface area contributed by atoms with Crippen molar-refractivity contribution >= 4 is 5.96 Å². The van der Waals surface area contributed by atoms with E-state index in [2.05, 4.69) is 52.5 Å². The van der Waals surface area contributed by atoms with Gasteiger partial charge in [-0.2, -0.15) is 0 Å². The Morgan fingerprint density at radius 1 is 1.30 bits per heavy atom. The summed E-state index contributed by atoms with van der Waals surface area (Å²) in [5.74, 6) is 1.62. The summed E-state index contributed by atoms with van der Waals surface area (Å²) in [6.45, 7) is 17.5. The molecule has 0 aromatic rings. The fraction of sp³-hybridized carbons (Fsp3) is 0.833. The summed E-state index contributed by atoms with van der Waals surface area (Å²) in [5, 5.41) is 3.52. The number of piperazine rings is 1. The summed E-state index contributed by atoms with van der Waals surface area (Å²) in [6, 6.07) is 0. The molecule has 0 radical (unpaired) electrons. The highest BCUT2D eigenvalue weighted by atomic mass is 15.3. The molecule has 1 aliphatic rings. The summed E-state index contributed by atoms with van der Waals surface area (Å²) < 4.78 is 0. The van der Waals surface area contributed by atoms with Crippen molar-refractivity contribution in [3.63, 3.8) is 0 Å². The Kier molecular flexibility index (Phi) is 9.96. The molecular weight excluding hydrogens is 286 g/mol. The second kappa shape index (κ2) is 11.5. The van der Waals surface area contributed by atoms with E-state index in [0.717, 1.165) is 31.9 Å². The first-order valence-electron chi connectivity index (χ1n) is 9.08. The van der Waals surface area contributed by atoms with Crippen molar-refractivity contribution < 1.29 is 0 Å². The van der Waals surface area contributed by atoms with Crippen molar-refractivity contribution in [2.75, 3.05) is 66.5 Å². The van der Waals surface area contributed by atoms with Crippen LogP contribution in [0.15, 0.2) is 17.6 Å². The third-order valence-electron chi connectivity index (χ3n) is 4.57. The number of nitrogens with one attached hydrogen (secondary N) is 1. The monoisotopic (exact) mass is 323 g/mol. The summed E-state index contributed by atoms with van der Waals surface area (Å²) in [4.78, 5) is 11.7. The van der Waals surface area contributed by atoms with E-state index >= 15 is 0 Å². The minimum Gasteiger partial charge on any atom is -0.356 e. The quantitative estimate of drug-likeness (QED) is 0.303. The number of rotatable bonds is 9. The fourth-order valence-electron chi connectivity index (χ4n) is 3.02. The van der Waals surface area contributed by atoms with E-state index in [1.807, 2.05) is 13.1 Å². The van der Waals surface area contributed by atoms with Gasteiger partial charge in [-0.05, 0) is 25.3 Å². The minimum atomic E-state index is 0.626. The van der Waals surface area contributed by atoms with Crippen LogP contribution in [-0.2, 0) is 0 Å². The van der Waals surface area contributed by atoms with Crippen molar-refractivity contribution in [1.82, 2.24) is 20.0 Å². The lowest BCUT2D eigenvalue weighted by Gasteiger charge is -2.35. The molecule has 1 atom stereocenters. The maximum Gasteiger partial charge on any atom is 0.193 e. The number of hydrogen-bond acceptors (Lipinski definition) is 3. The molecule has 1 fully saturated rings. The van der Waals surface area contributed by atoms with E-state index in [0.29, 0.717) is 5.92 Å². The Morgan fingerprint density at radius 3 is 2.52 bits per heavy atom. The van der Waals surface area contributed by atoms with Crippen LogP contribution >= 0.6 is 0 Å². The van der Waals surface area contributed by atoms with Gasteiger partial charge in [0, 0.05) is 59.9 Å². The molecule has 0 spiro atoms. The largest absolute Gasteiger partial charge is 0.356 e. The summed E-state index contributed by atoms with van der Waals surface area (Å²) in [5.41, 5.74) is 0. The lowest BCUT2D eigenvalue weighted by atomic mass is 10.1. The molecule has 0 amide bonds. The van der Waals surface area contributed by atoms with Crippen LogP contribution in [0.25, 0.3) is 0 Å². The molecule has 0 saturated carbocycles. The summed E-state index contributed by atoms with van der Waals surface area (Å²) in [7, 11) is 3.97. The van der Waals surface area contributed by atoms with Crippen molar-refractivity contribution in [3.8, 4) is 0 Å². The second-order valence-electron chi connectivity index (χ2n) is 6.62. The van der Waals surface area contributed by atoms with E-state index in [-0.39, 0.29) is 0 Å². The Morgan fingerprint density at radius 2 is 1.96 bits per heavy atom. The normalized spacial score (nSPS) is 18.7. The van der Waals surface area contributed by atoms with Crippen LogP contribution in [0.2, 0.25) is 0 Å². The highest BCUT2D eigenvalue weighted by Crippen LogP contribution is 2.05. The predicted octanol–water partition coefficient (Wildman–Crippen LogP) is 1.73. The zero-order chi connectivity index (χ0) is 17.1. The van der Waals surface area contributed by atoms with Crippen LogP contribution < -0.4 is 5.32 Å². The Bertz CT molecular complexity index is 347. The topological polar surface area (TPSA) is 34.1 Å². The predicted molar refractivity (Wildman–Crippen MR) is 101 cm³/mol. The Balaban J connectivity index is 2.25. The number of unbranched alkanes of at least 4 members (excludes halogenated alkanes) is 1. The van der Waals surface area contributed by atoms with Crippen LogP contribution in [-0.4, -0.2) is 87.1 Å². The van der Waals surface area contributed by atoms with Crippen molar-refractivity contribution in [1.29, 1.82) is 0 Å². The average molecular weight is 324 g/mol. The van der Waals surface area contributed by atoms with Crippen molar-refractivity contribution in [3.05, 3.63) is 12.7 Å². The van der Waals surface area contributed by atoms with Gasteiger partial charge >= 0.3 is 0 Å². The number of likely N-dealkylation sites (N-methyl/N-ethyl adjacent to an activating group) is 1. The molecular formula is C18H37N5. The molecule has 0 aliphatic carbocycles. The zero-order valence-corrected chi connectivity index (χ0v) is 15.7. The first-order valence-corrected chi connectivity index (χ1v) is 9.08. The molecule has 134 valence electrons. The van der Waals surface area contributed by atoms with E-state index in [1.54, 1.807) is 0 Å². The molecule has 1 unspecified atom stereocenters. The second-order valence-corrected chi connectivity index (χ2v) is 6.62. The van der Waals surface area contributed by atoms with Gasteiger partial charge in [0.1, 0.15) is 0 Å². The molecule has 0 aromatic carbocycles. The SMILES string of the molecule is C=CCCCN(C)C(=NC)NCC(C)CN1CCN(CC)CC1. The van der Waals surface area contributed by atoms with Crippen LogP contribution in [0.1, 0.15) is 26.7 Å². The molecule has 5 nitrogen and oxygen atoms in total. The minimum absolute atomic E-state index is 0.626. The van der Waals surface area contributed by atoms with Crippen LogP contribution in [0, 0.1) is 5.92 Å². The lowest BCUT2D eigenvalue weighted by Crippen LogP contribution is -2.48. The standard InChI is InChI=1S/C18H37N5/c1-6-8-9-10-21(5)18(19-4)20-15-17(3)16-23-13-11-22(7-2)12-14-23/h6,17H,1,7-16H2,2-5H3,(H,19,20). The van der Waals surface area contributed by atoms with Crippen LogP contribution in [0.5, 0.6) is 0 Å². The maximum atomic E-state index is 4.39. The van der Waals surface area contributed by atoms with Gasteiger partial charge in [0.05, 0.1) is 0 Å². The van der Waals surface area contributed by atoms with Gasteiger partial charge < -0.3 is 20.0 Å². The summed E-state index contributed by atoms with van der Waals surface area (Å²) >= 11 is 0. The average Bonchev–Trinajstić information content (AvgIpc) is 2.56. The third-order valence-corrected chi connectivity index (χ3v) is 4.57.